The smallest absolute Gasteiger partial charge is 0.223 e. The Balaban J connectivity index is 1.91. The molecule has 0 saturated heterocycles. The van der Waals surface area contributed by atoms with Crippen molar-refractivity contribution in [1.82, 2.24) is 0 Å². The molecule has 1 saturated carbocycles. The lowest BCUT2D eigenvalue weighted by Gasteiger charge is -2.44. The summed E-state index contributed by atoms with van der Waals surface area (Å²) in [6, 6.07) is 6.11. The van der Waals surface area contributed by atoms with Gasteiger partial charge in [0, 0.05) is 16.5 Å². The molecular formula is C13H14Br2O2. The Kier molecular flexibility index (Phi) is 3.22. The number of fused-ring (bicyclic) bond motifs is 1. The standard InChI is InChI=1S/C13H14Br2O2/c14-10-4-5-11-9(7-10)8-16-13(17-11)6-2-1-3-12(13)15/h4-5,7,12H,1-3,6,8H2/t12-,13-/m1/s1. The van der Waals surface area contributed by atoms with Crippen molar-refractivity contribution < 1.29 is 9.47 Å². The molecule has 4 heteroatoms. The molecule has 2 nitrogen and oxygen atoms in total. The molecule has 0 amide bonds. The van der Waals surface area contributed by atoms with Crippen molar-refractivity contribution in [2.45, 2.75) is 42.9 Å². The van der Waals surface area contributed by atoms with Crippen LogP contribution in [0, 0.1) is 0 Å². The Hall–Kier alpha value is -0.0600. The predicted molar refractivity (Wildman–Crippen MR) is 73.5 cm³/mol. The van der Waals surface area contributed by atoms with Crippen LogP contribution in [-0.2, 0) is 11.3 Å². The van der Waals surface area contributed by atoms with Gasteiger partial charge < -0.3 is 9.47 Å². The topological polar surface area (TPSA) is 18.5 Å². The zero-order valence-corrected chi connectivity index (χ0v) is 12.6. The van der Waals surface area contributed by atoms with Crippen LogP contribution < -0.4 is 4.74 Å². The second-order valence-corrected chi connectivity index (χ2v) is 6.69. The summed E-state index contributed by atoms with van der Waals surface area (Å²) < 4.78 is 13.2. The third-order valence-corrected chi connectivity index (χ3v) is 5.14. The Labute approximate surface area is 118 Å². The number of ether oxygens (including phenoxy) is 2. The highest BCUT2D eigenvalue weighted by molar-refractivity contribution is 9.10. The van der Waals surface area contributed by atoms with Gasteiger partial charge in [0.1, 0.15) is 5.75 Å². The first-order valence-electron chi connectivity index (χ1n) is 5.95. The Bertz CT molecular complexity index is 435. The molecule has 1 fully saturated rings. The van der Waals surface area contributed by atoms with Crippen LogP contribution in [0.2, 0.25) is 0 Å². The second-order valence-electron chi connectivity index (χ2n) is 4.67. The highest BCUT2D eigenvalue weighted by Gasteiger charge is 2.45. The molecular weight excluding hydrogens is 348 g/mol. The first-order valence-corrected chi connectivity index (χ1v) is 7.66. The summed E-state index contributed by atoms with van der Waals surface area (Å²) in [6.45, 7) is 0.636. The molecule has 0 radical (unpaired) electrons. The Morgan fingerprint density at radius 3 is 3.00 bits per heavy atom. The van der Waals surface area contributed by atoms with Crippen molar-refractivity contribution >= 4 is 31.9 Å². The summed E-state index contributed by atoms with van der Waals surface area (Å²) >= 11 is 7.18. The summed E-state index contributed by atoms with van der Waals surface area (Å²) in [5.74, 6) is 0.518. The van der Waals surface area contributed by atoms with Crippen molar-refractivity contribution in [3.05, 3.63) is 28.2 Å². The largest absolute Gasteiger partial charge is 0.461 e. The van der Waals surface area contributed by atoms with Gasteiger partial charge in [-0.25, -0.2) is 0 Å². The van der Waals surface area contributed by atoms with Gasteiger partial charge in [0.2, 0.25) is 5.79 Å². The van der Waals surface area contributed by atoms with Crippen LogP contribution in [0.15, 0.2) is 22.7 Å². The zero-order valence-electron chi connectivity index (χ0n) is 9.42. The van der Waals surface area contributed by atoms with Gasteiger partial charge in [-0.05, 0) is 31.0 Å². The van der Waals surface area contributed by atoms with E-state index in [2.05, 4.69) is 37.9 Å². The molecule has 1 aliphatic carbocycles. The van der Waals surface area contributed by atoms with Crippen molar-refractivity contribution in [3.8, 4) is 5.75 Å². The van der Waals surface area contributed by atoms with E-state index >= 15 is 0 Å². The maximum Gasteiger partial charge on any atom is 0.223 e. The number of hydrogen-bond acceptors (Lipinski definition) is 2. The number of benzene rings is 1. The average molecular weight is 362 g/mol. The molecule has 1 aromatic carbocycles. The SMILES string of the molecule is Brc1ccc2c(c1)CO[C@]1(CCCC[C@H]1Br)O2. The Morgan fingerprint density at radius 2 is 2.18 bits per heavy atom. The van der Waals surface area contributed by atoms with Gasteiger partial charge >= 0.3 is 0 Å². The van der Waals surface area contributed by atoms with Crippen LogP contribution in [0.25, 0.3) is 0 Å². The van der Waals surface area contributed by atoms with Crippen LogP contribution in [0.4, 0.5) is 0 Å². The van der Waals surface area contributed by atoms with E-state index in [1.165, 1.54) is 12.8 Å². The van der Waals surface area contributed by atoms with Crippen molar-refractivity contribution in [1.29, 1.82) is 0 Å². The maximum atomic E-state index is 6.14. The van der Waals surface area contributed by atoms with E-state index in [1.807, 2.05) is 12.1 Å². The van der Waals surface area contributed by atoms with E-state index in [1.54, 1.807) is 0 Å². The number of alkyl halides is 1. The lowest BCUT2D eigenvalue weighted by atomic mass is 9.93. The van der Waals surface area contributed by atoms with E-state index in [-0.39, 0.29) is 0 Å². The molecule has 1 heterocycles. The van der Waals surface area contributed by atoms with Crippen LogP contribution in [-0.4, -0.2) is 10.6 Å². The van der Waals surface area contributed by atoms with Gasteiger partial charge in [-0.15, -0.1) is 0 Å². The summed E-state index contributed by atoms with van der Waals surface area (Å²) in [6.07, 6.45) is 4.51. The van der Waals surface area contributed by atoms with Crippen LogP contribution in [0.1, 0.15) is 31.2 Å². The maximum absolute atomic E-state index is 6.14. The molecule has 1 aliphatic heterocycles. The van der Waals surface area contributed by atoms with Crippen LogP contribution >= 0.6 is 31.9 Å². The third kappa shape index (κ3) is 2.15. The molecule has 2 atom stereocenters. The van der Waals surface area contributed by atoms with Crippen molar-refractivity contribution in [2.75, 3.05) is 0 Å². The minimum atomic E-state index is -0.445. The second kappa shape index (κ2) is 4.56. The summed E-state index contributed by atoms with van der Waals surface area (Å²) in [4.78, 5) is 0.292. The van der Waals surface area contributed by atoms with Gasteiger partial charge in [-0.1, -0.05) is 38.3 Å². The number of hydrogen-bond donors (Lipinski definition) is 0. The van der Waals surface area contributed by atoms with Gasteiger partial charge in [-0.3, -0.25) is 0 Å². The van der Waals surface area contributed by atoms with Crippen molar-refractivity contribution in [3.63, 3.8) is 0 Å². The lowest BCUT2D eigenvalue weighted by Crippen LogP contribution is -2.51. The predicted octanol–water partition coefficient (Wildman–Crippen LogP) is 4.39. The fraction of sp³-hybridized carbons (Fsp3) is 0.538. The van der Waals surface area contributed by atoms with E-state index < -0.39 is 5.79 Å². The molecule has 0 bridgehead atoms. The van der Waals surface area contributed by atoms with Crippen LogP contribution in [0.3, 0.4) is 0 Å². The minimum absolute atomic E-state index is 0.292. The summed E-state index contributed by atoms with van der Waals surface area (Å²) in [7, 11) is 0. The van der Waals surface area contributed by atoms with Gasteiger partial charge in [-0.2, -0.15) is 0 Å². The first-order chi connectivity index (χ1) is 8.20. The van der Waals surface area contributed by atoms with E-state index in [4.69, 9.17) is 9.47 Å². The number of rotatable bonds is 0. The quantitative estimate of drug-likeness (QED) is 0.638. The van der Waals surface area contributed by atoms with Gasteiger partial charge in [0.25, 0.3) is 0 Å². The average Bonchev–Trinajstić information content (AvgIpc) is 2.34. The van der Waals surface area contributed by atoms with Crippen LogP contribution in [0.5, 0.6) is 5.75 Å². The molecule has 0 N–H and O–H groups in total. The fourth-order valence-corrected chi connectivity index (χ4v) is 3.71. The molecule has 1 aromatic rings. The monoisotopic (exact) mass is 360 g/mol. The normalized spacial score (nSPS) is 32.0. The fourth-order valence-electron chi connectivity index (χ4n) is 2.52. The molecule has 0 unspecified atom stereocenters. The molecule has 1 spiro atoms. The molecule has 2 aliphatic rings. The lowest BCUT2D eigenvalue weighted by molar-refractivity contribution is -0.216. The first kappa shape index (κ1) is 12.0. The van der Waals surface area contributed by atoms with Gasteiger partial charge in [0.15, 0.2) is 0 Å². The highest BCUT2D eigenvalue weighted by Crippen LogP contribution is 2.43. The summed E-state index contributed by atoms with van der Waals surface area (Å²) in [5.41, 5.74) is 1.12. The molecule has 17 heavy (non-hydrogen) atoms. The Morgan fingerprint density at radius 1 is 1.29 bits per heavy atom. The van der Waals surface area contributed by atoms with E-state index in [9.17, 15) is 0 Å². The molecule has 0 aromatic heterocycles. The van der Waals surface area contributed by atoms with E-state index in [0.717, 1.165) is 28.6 Å². The molecule has 92 valence electrons. The zero-order chi connectivity index (χ0) is 11.9. The van der Waals surface area contributed by atoms with Gasteiger partial charge in [0.05, 0.1) is 11.4 Å². The van der Waals surface area contributed by atoms with Crippen molar-refractivity contribution in [2.24, 2.45) is 0 Å². The molecule has 3 rings (SSSR count). The number of halogens is 2. The highest BCUT2D eigenvalue weighted by atomic mass is 79.9. The third-order valence-electron chi connectivity index (χ3n) is 3.49. The minimum Gasteiger partial charge on any atom is -0.461 e. The van der Waals surface area contributed by atoms with E-state index in [0.29, 0.717) is 11.4 Å². The summed E-state index contributed by atoms with van der Waals surface area (Å²) in [5, 5.41) is 0.